The van der Waals surface area contributed by atoms with Crippen LogP contribution >= 0.6 is 0 Å². The molecule has 2 fully saturated rings. The van der Waals surface area contributed by atoms with Crippen LogP contribution in [0.3, 0.4) is 0 Å². The molecule has 1 aromatic carbocycles. The Balaban J connectivity index is 1.32. The number of pyridine rings is 1. The van der Waals surface area contributed by atoms with E-state index < -0.39 is 0 Å². The molecule has 204 valence electrons. The maximum absolute atomic E-state index is 12.4. The number of amides is 1. The van der Waals surface area contributed by atoms with Gasteiger partial charge in [0.05, 0.1) is 25.9 Å². The molecule has 2 aliphatic rings. The van der Waals surface area contributed by atoms with Crippen molar-refractivity contribution in [3.8, 4) is 22.6 Å². The van der Waals surface area contributed by atoms with Crippen LogP contribution in [0.25, 0.3) is 22.0 Å². The minimum absolute atomic E-state index is 0.0906. The molecule has 0 unspecified atom stereocenters. The van der Waals surface area contributed by atoms with Crippen LogP contribution in [0.15, 0.2) is 30.5 Å². The van der Waals surface area contributed by atoms with Crippen molar-refractivity contribution < 1.29 is 14.3 Å². The third kappa shape index (κ3) is 4.89. The molecule has 3 aromatic rings. The van der Waals surface area contributed by atoms with Gasteiger partial charge in [0.25, 0.3) is 0 Å². The van der Waals surface area contributed by atoms with Gasteiger partial charge in [-0.2, -0.15) is 0 Å². The first-order chi connectivity index (χ1) is 18.3. The number of carbonyl (C=O) groups excluding carboxylic acids is 1. The standard InChI is InChI=1S/C31H42N4O3/c1-20(2)31(36)35-15-11-24(12-16-35)34-13-9-22(10-14-34)26-18-25-27(19-32-26)33(4)21(3)30(25)23-7-8-28(37-5)29(17-23)38-6/h7-8,17-20,22,24H,9-16H2,1-6H3. The third-order valence-electron chi connectivity index (χ3n) is 8.81. The smallest absolute Gasteiger partial charge is 0.225 e. The molecule has 0 spiro atoms. The highest BCUT2D eigenvalue weighted by molar-refractivity contribution is 5.98. The number of ether oxygens (including phenoxy) is 2. The predicted molar refractivity (Wildman–Crippen MR) is 152 cm³/mol. The van der Waals surface area contributed by atoms with E-state index in [1.54, 1.807) is 14.2 Å². The Morgan fingerprint density at radius 3 is 2.29 bits per heavy atom. The van der Waals surface area contributed by atoms with Crippen LogP contribution in [-0.2, 0) is 11.8 Å². The van der Waals surface area contributed by atoms with Crippen LogP contribution in [0.1, 0.15) is 56.8 Å². The maximum Gasteiger partial charge on any atom is 0.225 e. The first-order valence-corrected chi connectivity index (χ1v) is 14.0. The highest BCUT2D eigenvalue weighted by Gasteiger charge is 2.31. The molecular weight excluding hydrogens is 476 g/mol. The summed E-state index contributed by atoms with van der Waals surface area (Å²) >= 11 is 0. The van der Waals surface area contributed by atoms with Gasteiger partial charge in [-0.05, 0) is 69.5 Å². The molecule has 1 amide bonds. The lowest BCUT2D eigenvalue weighted by Gasteiger charge is -2.42. The molecule has 2 saturated heterocycles. The fourth-order valence-corrected chi connectivity index (χ4v) is 6.43. The molecule has 2 aromatic heterocycles. The third-order valence-corrected chi connectivity index (χ3v) is 8.81. The number of carbonyl (C=O) groups is 1. The molecule has 7 heteroatoms. The fraction of sp³-hybridized carbons (Fsp3) is 0.548. The number of hydrogen-bond acceptors (Lipinski definition) is 5. The van der Waals surface area contributed by atoms with Crippen LogP contribution in [0.2, 0.25) is 0 Å². The van der Waals surface area contributed by atoms with Gasteiger partial charge in [0.15, 0.2) is 11.5 Å². The number of hydrogen-bond donors (Lipinski definition) is 0. The van der Waals surface area contributed by atoms with Gasteiger partial charge in [-0.1, -0.05) is 19.9 Å². The molecule has 0 bridgehead atoms. The highest BCUT2D eigenvalue weighted by Crippen LogP contribution is 2.40. The summed E-state index contributed by atoms with van der Waals surface area (Å²) in [7, 11) is 5.46. The van der Waals surface area contributed by atoms with Gasteiger partial charge in [-0.25, -0.2) is 0 Å². The summed E-state index contributed by atoms with van der Waals surface area (Å²) in [4.78, 5) is 22.0. The van der Waals surface area contributed by atoms with Gasteiger partial charge in [0.2, 0.25) is 5.91 Å². The topological polar surface area (TPSA) is 59.8 Å². The Bertz CT molecular complexity index is 1300. The van der Waals surface area contributed by atoms with Crippen molar-refractivity contribution >= 4 is 16.8 Å². The fourth-order valence-electron chi connectivity index (χ4n) is 6.43. The lowest BCUT2D eigenvalue weighted by Crippen LogP contribution is -2.49. The number of aromatic nitrogens is 2. The van der Waals surface area contributed by atoms with Crippen LogP contribution in [0.4, 0.5) is 0 Å². The first kappa shape index (κ1) is 26.5. The Morgan fingerprint density at radius 1 is 0.974 bits per heavy atom. The number of likely N-dealkylation sites (tertiary alicyclic amines) is 2. The molecule has 2 aliphatic heterocycles. The summed E-state index contributed by atoms with van der Waals surface area (Å²) in [5.74, 6) is 2.33. The Kier molecular flexibility index (Phi) is 7.66. The van der Waals surface area contributed by atoms with Gasteiger partial charge in [0.1, 0.15) is 0 Å². The van der Waals surface area contributed by atoms with Crippen LogP contribution in [0, 0.1) is 12.8 Å². The van der Waals surface area contributed by atoms with E-state index in [0.29, 0.717) is 17.9 Å². The quantitative estimate of drug-likeness (QED) is 0.438. The van der Waals surface area contributed by atoms with Crippen molar-refractivity contribution in [2.45, 2.75) is 58.4 Å². The summed E-state index contributed by atoms with van der Waals surface area (Å²) in [5.41, 5.74) is 5.91. The molecule has 0 atom stereocenters. The number of methoxy groups -OCH3 is 2. The van der Waals surface area contributed by atoms with Gasteiger partial charge >= 0.3 is 0 Å². The number of nitrogens with zero attached hydrogens (tertiary/aromatic N) is 4. The normalized spacial score (nSPS) is 17.9. The van der Waals surface area contributed by atoms with E-state index in [2.05, 4.69) is 52.7 Å². The summed E-state index contributed by atoms with van der Waals surface area (Å²) in [6, 6.07) is 9.08. The molecule has 0 aliphatic carbocycles. The average molecular weight is 519 g/mol. The zero-order valence-electron chi connectivity index (χ0n) is 23.8. The van der Waals surface area contributed by atoms with Crippen molar-refractivity contribution in [3.05, 3.63) is 41.9 Å². The largest absolute Gasteiger partial charge is 0.493 e. The lowest BCUT2D eigenvalue weighted by molar-refractivity contribution is -0.136. The zero-order valence-corrected chi connectivity index (χ0v) is 23.8. The summed E-state index contributed by atoms with van der Waals surface area (Å²) in [6.07, 6.45) is 6.48. The van der Waals surface area contributed by atoms with E-state index in [-0.39, 0.29) is 5.92 Å². The molecular formula is C31H42N4O3. The summed E-state index contributed by atoms with van der Waals surface area (Å²) in [5, 5.41) is 1.24. The van der Waals surface area contributed by atoms with E-state index in [1.165, 1.54) is 22.3 Å². The Labute approximate surface area is 226 Å². The van der Waals surface area contributed by atoms with E-state index in [9.17, 15) is 4.79 Å². The second-order valence-electron chi connectivity index (χ2n) is 11.2. The lowest BCUT2D eigenvalue weighted by atomic mass is 9.90. The SMILES string of the molecule is COc1ccc(-c2c(C)n(C)c3cnc(C4CCN(C5CCN(C(=O)C(C)C)CC5)CC4)cc23)cc1OC. The van der Waals surface area contributed by atoms with Crippen LogP contribution in [0.5, 0.6) is 11.5 Å². The number of aryl methyl sites for hydroxylation is 1. The molecule has 0 radical (unpaired) electrons. The Morgan fingerprint density at radius 2 is 1.66 bits per heavy atom. The van der Waals surface area contributed by atoms with E-state index in [1.807, 2.05) is 19.9 Å². The van der Waals surface area contributed by atoms with E-state index >= 15 is 0 Å². The highest BCUT2D eigenvalue weighted by atomic mass is 16.5. The van der Waals surface area contributed by atoms with Crippen LogP contribution in [-0.4, -0.2) is 71.7 Å². The van der Waals surface area contributed by atoms with Gasteiger partial charge in [0, 0.05) is 60.4 Å². The molecule has 0 N–H and O–H groups in total. The maximum atomic E-state index is 12.4. The van der Waals surface area contributed by atoms with Crippen molar-refractivity contribution in [3.63, 3.8) is 0 Å². The first-order valence-electron chi connectivity index (χ1n) is 14.0. The number of benzene rings is 1. The van der Waals surface area contributed by atoms with Gasteiger partial charge in [-0.3, -0.25) is 9.78 Å². The molecule has 4 heterocycles. The van der Waals surface area contributed by atoms with E-state index in [0.717, 1.165) is 74.4 Å². The molecule has 5 rings (SSSR count). The zero-order chi connectivity index (χ0) is 27.0. The van der Waals surface area contributed by atoms with Gasteiger partial charge in [-0.15, -0.1) is 0 Å². The summed E-state index contributed by atoms with van der Waals surface area (Å²) in [6.45, 7) is 10.2. The van der Waals surface area contributed by atoms with E-state index in [4.69, 9.17) is 14.5 Å². The monoisotopic (exact) mass is 518 g/mol. The second kappa shape index (κ2) is 11.0. The molecule has 38 heavy (non-hydrogen) atoms. The Hall–Kier alpha value is -3.06. The molecule has 7 nitrogen and oxygen atoms in total. The number of rotatable bonds is 6. The number of piperidine rings is 2. The van der Waals surface area contributed by atoms with Crippen molar-refractivity contribution in [2.75, 3.05) is 40.4 Å². The van der Waals surface area contributed by atoms with Crippen molar-refractivity contribution in [2.24, 2.45) is 13.0 Å². The number of fused-ring (bicyclic) bond motifs is 1. The second-order valence-corrected chi connectivity index (χ2v) is 11.2. The van der Waals surface area contributed by atoms with Crippen molar-refractivity contribution in [1.29, 1.82) is 0 Å². The van der Waals surface area contributed by atoms with Crippen LogP contribution < -0.4 is 9.47 Å². The summed E-state index contributed by atoms with van der Waals surface area (Å²) < 4.78 is 13.3. The van der Waals surface area contributed by atoms with Crippen molar-refractivity contribution in [1.82, 2.24) is 19.4 Å². The average Bonchev–Trinajstić information content (AvgIpc) is 3.21. The van der Waals surface area contributed by atoms with Gasteiger partial charge < -0.3 is 23.8 Å². The minimum Gasteiger partial charge on any atom is -0.493 e. The predicted octanol–water partition coefficient (Wildman–Crippen LogP) is 5.39. The molecule has 0 saturated carbocycles. The minimum atomic E-state index is 0.0906.